The third-order valence-corrected chi connectivity index (χ3v) is 4.16. The summed E-state index contributed by atoms with van der Waals surface area (Å²) in [6, 6.07) is 20.8. The maximum atomic E-state index is 12.3. The molecule has 142 valence electrons. The number of ether oxygens (including phenoxy) is 1. The van der Waals surface area contributed by atoms with E-state index in [1.165, 1.54) is 0 Å². The van der Waals surface area contributed by atoms with Gasteiger partial charge in [-0.05, 0) is 28.5 Å². The van der Waals surface area contributed by atoms with Crippen molar-refractivity contribution in [1.82, 2.24) is 5.32 Å². The van der Waals surface area contributed by atoms with Crippen LogP contribution in [0.25, 0.3) is 10.8 Å². The van der Waals surface area contributed by atoms with E-state index in [1.807, 2.05) is 42.5 Å². The molecule has 2 amide bonds. The van der Waals surface area contributed by atoms with Crippen molar-refractivity contribution in [3.8, 4) is 5.75 Å². The highest BCUT2D eigenvalue weighted by atomic mass is 16.5. The van der Waals surface area contributed by atoms with Gasteiger partial charge < -0.3 is 15.4 Å². The van der Waals surface area contributed by atoms with Gasteiger partial charge in [0, 0.05) is 11.8 Å². The van der Waals surface area contributed by atoms with Gasteiger partial charge in [-0.25, -0.2) is 0 Å². The summed E-state index contributed by atoms with van der Waals surface area (Å²) >= 11 is 0. The smallest absolute Gasteiger partial charge is 0.243 e. The normalized spacial score (nSPS) is 10.3. The minimum atomic E-state index is -0.299. The van der Waals surface area contributed by atoms with Crippen LogP contribution in [0.3, 0.4) is 0 Å². The van der Waals surface area contributed by atoms with E-state index in [9.17, 15) is 9.59 Å². The fourth-order valence-electron chi connectivity index (χ4n) is 2.88. The van der Waals surface area contributed by atoms with Crippen LogP contribution in [0.5, 0.6) is 5.75 Å². The third-order valence-electron chi connectivity index (χ3n) is 4.16. The summed E-state index contributed by atoms with van der Waals surface area (Å²) in [6.45, 7) is 3.89. The van der Waals surface area contributed by atoms with Crippen molar-refractivity contribution in [2.75, 3.05) is 18.5 Å². The van der Waals surface area contributed by atoms with Gasteiger partial charge >= 0.3 is 0 Å². The van der Waals surface area contributed by atoms with Crippen molar-refractivity contribution in [3.05, 3.63) is 84.9 Å². The van der Waals surface area contributed by atoms with E-state index < -0.39 is 0 Å². The highest BCUT2D eigenvalue weighted by Gasteiger charge is 2.09. The fourth-order valence-corrected chi connectivity index (χ4v) is 2.88. The summed E-state index contributed by atoms with van der Waals surface area (Å²) in [7, 11) is 0. The summed E-state index contributed by atoms with van der Waals surface area (Å²) in [4.78, 5) is 24.4. The van der Waals surface area contributed by atoms with Crippen LogP contribution in [0.2, 0.25) is 0 Å². The predicted octanol–water partition coefficient (Wildman–Crippen LogP) is 3.70. The van der Waals surface area contributed by atoms with Gasteiger partial charge in [-0.1, -0.05) is 61.2 Å². The molecule has 0 unspecified atom stereocenters. The van der Waals surface area contributed by atoms with Gasteiger partial charge in [-0.15, -0.1) is 0 Å². The molecule has 0 fully saturated rings. The molecule has 3 aromatic rings. The Bertz CT molecular complexity index is 993. The summed E-state index contributed by atoms with van der Waals surface area (Å²) < 4.78 is 5.44. The second-order valence-corrected chi connectivity index (χ2v) is 6.27. The van der Waals surface area contributed by atoms with Crippen LogP contribution in [0.15, 0.2) is 79.4 Å². The average Bonchev–Trinajstić information content (AvgIpc) is 2.71. The number of anilines is 1. The monoisotopic (exact) mass is 374 g/mol. The van der Waals surface area contributed by atoms with Crippen LogP contribution in [0.1, 0.15) is 5.56 Å². The van der Waals surface area contributed by atoms with Crippen molar-refractivity contribution in [3.63, 3.8) is 0 Å². The molecule has 0 atom stereocenters. The van der Waals surface area contributed by atoms with Crippen molar-refractivity contribution >= 4 is 28.3 Å². The number of hydrogen-bond donors (Lipinski definition) is 2. The standard InChI is InChI=1S/C23H22N2O3/c1-2-13-28-20-11-6-10-19(15-20)25-23(27)16-24-22(26)14-18-9-5-8-17-7-3-4-12-21(17)18/h2-12,15H,1,13-14,16H2,(H,24,26)(H,25,27). The third kappa shape index (κ3) is 5.20. The lowest BCUT2D eigenvalue weighted by Crippen LogP contribution is -2.33. The van der Waals surface area contributed by atoms with E-state index in [1.54, 1.807) is 30.3 Å². The molecule has 5 nitrogen and oxygen atoms in total. The average molecular weight is 374 g/mol. The zero-order chi connectivity index (χ0) is 19.8. The van der Waals surface area contributed by atoms with E-state index in [2.05, 4.69) is 17.2 Å². The van der Waals surface area contributed by atoms with Crippen LogP contribution >= 0.6 is 0 Å². The highest BCUT2D eigenvalue weighted by Crippen LogP contribution is 2.19. The first-order valence-electron chi connectivity index (χ1n) is 9.02. The molecule has 3 aromatic carbocycles. The van der Waals surface area contributed by atoms with E-state index in [-0.39, 0.29) is 24.8 Å². The lowest BCUT2D eigenvalue weighted by atomic mass is 10.0. The number of rotatable bonds is 8. The van der Waals surface area contributed by atoms with E-state index in [0.717, 1.165) is 16.3 Å². The molecular formula is C23H22N2O3. The lowest BCUT2D eigenvalue weighted by molar-refractivity contribution is -0.123. The van der Waals surface area contributed by atoms with Crippen LogP contribution in [0.4, 0.5) is 5.69 Å². The van der Waals surface area contributed by atoms with Crippen molar-refractivity contribution in [1.29, 1.82) is 0 Å². The number of carbonyl (C=O) groups excluding carboxylic acids is 2. The Morgan fingerprint density at radius 2 is 1.75 bits per heavy atom. The van der Waals surface area contributed by atoms with Gasteiger partial charge in [0.1, 0.15) is 12.4 Å². The summed E-state index contributed by atoms with van der Waals surface area (Å²) in [6.07, 6.45) is 1.87. The topological polar surface area (TPSA) is 67.4 Å². The first-order valence-corrected chi connectivity index (χ1v) is 9.02. The minimum Gasteiger partial charge on any atom is -0.489 e. The number of benzene rings is 3. The van der Waals surface area contributed by atoms with Gasteiger partial charge in [0.15, 0.2) is 0 Å². The van der Waals surface area contributed by atoms with E-state index in [4.69, 9.17) is 4.74 Å². The van der Waals surface area contributed by atoms with Crippen LogP contribution in [0, 0.1) is 0 Å². The maximum absolute atomic E-state index is 12.3. The second-order valence-electron chi connectivity index (χ2n) is 6.27. The Balaban J connectivity index is 1.53. The Morgan fingerprint density at radius 1 is 0.964 bits per heavy atom. The number of fused-ring (bicyclic) bond motifs is 1. The molecule has 28 heavy (non-hydrogen) atoms. The minimum absolute atomic E-state index is 0.0959. The fraction of sp³-hybridized carbons (Fsp3) is 0.130. The molecular weight excluding hydrogens is 352 g/mol. The van der Waals surface area contributed by atoms with Gasteiger partial charge in [0.25, 0.3) is 0 Å². The quantitative estimate of drug-likeness (QED) is 0.591. The molecule has 5 heteroatoms. The summed E-state index contributed by atoms with van der Waals surface area (Å²) in [5, 5.41) is 7.55. The van der Waals surface area contributed by atoms with Gasteiger partial charge in [0.2, 0.25) is 11.8 Å². The molecule has 3 rings (SSSR count). The molecule has 0 aliphatic heterocycles. The Morgan fingerprint density at radius 3 is 2.61 bits per heavy atom. The Labute approximate surface area is 164 Å². The first kappa shape index (κ1) is 19.2. The lowest BCUT2D eigenvalue weighted by Gasteiger charge is -2.10. The Kier molecular flexibility index (Phi) is 6.41. The van der Waals surface area contributed by atoms with E-state index >= 15 is 0 Å². The van der Waals surface area contributed by atoms with Gasteiger partial charge in [-0.3, -0.25) is 9.59 Å². The molecule has 0 bridgehead atoms. The molecule has 0 spiro atoms. The van der Waals surface area contributed by atoms with Crippen molar-refractivity contribution in [2.45, 2.75) is 6.42 Å². The largest absolute Gasteiger partial charge is 0.489 e. The Hall–Kier alpha value is -3.60. The van der Waals surface area contributed by atoms with Crippen LogP contribution in [-0.4, -0.2) is 25.0 Å². The molecule has 0 radical (unpaired) electrons. The zero-order valence-corrected chi connectivity index (χ0v) is 15.5. The molecule has 0 saturated heterocycles. The van der Waals surface area contributed by atoms with Gasteiger partial charge in [-0.2, -0.15) is 0 Å². The second kappa shape index (κ2) is 9.37. The van der Waals surface area contributed by atoms with Crippen LogP contribution < -0.4 is 15.4 Å². The maximum Gasteiger partial charge on any atom is 0.243 e. The SMILES string of the molecule is C=CCOc1cccc(NC(=O)CNC(=O)Cc2cccc3ccccc23)c1. The molecule has 2 N–H and O–H groups in total. The van der Waals surface area contributed by atoms with E-state index in [0.29, 0.717) is 18.0 Å². The predicted molar refractivity (Wildman–Crippen MR) is 111 cm³/mol. The number of carbonyl (C=O) groups is 2. The molecule has 0 saturated carbocycles. The van der Waals surface area contributed by atoms with Crippen LogP contribution in [-0.2, 0) is 16.0 Å². The number of nitrogens with one attached hydrogen (secondary N) is 2. The van der Waals surface area contributed by atoms with Crippen molar-refractivity contribution < 1.29 is 14.3 Å². The summed E-state index contributed by atoms with van der Waals surface area (Å²) in [5.41, 5.74) is 1.54. The molecule has 0 heterocycles. The zero-order valence-electron chi connectivity index (χ0n) is 15.5. The molecule has 0 aromatic heterocycles. The summed E-state index contributed by atoms with van der Waals surface area (Å²) in [5.74, 6) is 0.138. The first-order chi connectivity index (χ1) is 13.7. The molecule has 0 aliphatic rings. The number of hydrogen-bond acceptors (Lipinski definition) is 3. The molecule has 0 aliphatic carbocycles. The van der Waals surface area contributed by atoms with Crippen molar-refractivity contribution in [2.24, 2.45) is 0 Å². The highest BCUT2D eigenvalue weighted by molar-refractivity contribution is 5.96. The number of amides is 2. The van der Waals surface area contributed by atoms with Gasteiger partial charge in [0.05, 0.1) is 13.0 Å².